The Morgan fingerprint density at radius 1 is 1.37 bits per heavy atom. The van der Waals surface area contributed by atoms with E-state index >= 15 is 0 Å². The van der Waals surface area contributed by atoms with E-state index < -0.39 is 0 Å². The molecule has 2 aromatic rings. The highest BCUT2D eigenvalue weighted by Crippen LogP contribution is 2.23. The van der Waals surface area contributed by atoms with E-state index in [0.29, 0.717) is 17.8 Å². The van der Waals surface area contributed by atoms with E-state index in [0.717, 1.165) is 24.4 Å². The summed E-state index contributed by atoms with van der Waals surface area (Å²) in [6.45, 7) is 2.47. The van der Waals surface area contributed by atoms with Crippen LogP contribution in [0.4, 0.5) is 15.9 Å². The molecule has 0 amide bonds. The molecule has 102 valence electrons. The molecule has 4 nitrogen and oxygen atoms in total. The number of benzene rings is 1. The number of aromatic nitrogens is 2. The molecule has 0 radical (unpaired) electrons. The normalized spacial score (nSPS) is 10.7. The van der Waals surface area contributed by atoms with E-state index in [1.54, 1.807) is 16.8 Å². The first-order chi connectivity index (χ1) is 9.13. The predicted molar refractivity (Wildman–Crippen MR) is 75.3 cm³/mol. The van der Waals surface area contributed by atoms with Crippen LogP contribution in [0.25, 0.3) is 0 Å². The first-order valence-electron chi connectivity index (χ1n) is 6.42. The lowest BCUT2D eigenvalue weighted by molar-refractivity contribution is 0.612. The lowest BCUT2D eigenvalue weighted by atomic mass is 10.2. The number of aryl methyl sites for hydroxylation is 2. The molecule has 0 atom stereocenters. The number of hydrogen-bond donors (Lipinski definition) is 2. The predicted octanol–water partition coefficient (Wildman–Crippen LogP) is 2.71. The minimum atomic E-state index is -0.218. The fourth-order valence-electron chi connectivity index (χ4n) is 2.05. The van der Waals surface area contributed by atoms with Crippen LogP contribution in [0.15, 0.2) is 24.3 Å². The van der Waals surface area contributed by atoms with Gasteiger partial charge in [-0.25, -0.2) is 4.39 Å². The zero-order chi connectivity index (χ0) is 13.8. The zero-order valence-corrected chi connectivity index (χ0v) is 11.3. The Balaban J connectivity index is 2.14. The second-order valence-corrected chi connectivity index (χ2v) is 4.53. The second-order valence-electron chi connectivity index (χ2n) is 4.53. The number of hydrogen-bond acceptors (Lipinski definition) is 3. The number of nitrogen functional groups attached to an aromatic ring is 1. The van der Waals surface area contributed by atoms with Gasteiger partial charge in [-0.1, -0.05) is 31.5 Å². The standard InChI is InChI=1S/C14H19FN4/c1-3-6-12-13(16)14(19(2)18-12)17-9-10-7-4-5-8-11(10)15/h4-5,7-8,17H,3,6,9,16H2,1-2H3. The van der Waals surface area contributed by atoms with Gasteiger partial charge in [-0.05, 0) is 12.5 Å². The summed E-state index contributed by atoms with van der Waals surface area (Å²) in [6, 6.07) is 6.69. The lowest BCUT2D eigenvalue weighted by Gasteiger charge is -2.08. The van der Waals surface area contributed by atoms with Crippen molar-refractivity contribution in [1.29, 1.82) is 0 Å². The fraction of sp³-hybridized carbons (Fsp3) is 0.357. The van der Waals surface area contributed by atoms with Crippen molar-refractivity contribution in [2.24, 2.45) is 7.05 Å². The van der Waals surface area contributed by atoms with Gasteiger partial charge in [-0.3, -0.25) is 4.68 Å². The van der Waals surface area contributed by atoms with Crippen LogP contribution in [-0.2, 0) is 20.0 Å². The Hall–Kier alpha value is -2.04. The van der Waals surface area contributed by atoms with Crippen molar-refractivity contribution in [3.63, 3.8) is 0 Å². The molecule has 2 rings (SSSR count). The van der Waals surface area contributed by atoms with Crippen LogP contribution in [0.1, 0.15) is 24.6 Å². The molecule has 1 aromatic carbocycles. The number of rotatable bonds is 5. The number of anilines is 2. The third-order valence-electron chi connectivity index (χ3n) is 3.05. The molecule has 1 aromatic heterocycles. The molecule has 19 heavy (non-hydrogen) atoms. The summed E-state index contributed by atoms with van der Waals surface area (Å²) >= 11 is 0. The minimum Gasteiger partial charge on any atom is -0.394 e. The molecule has 0 aliphatic heterocycles. The summed E-state index contributed by atoms with van der Waals surface area (Å²) in [7, 11) is 1.83. The van der Waals surface area contributed by atoms with E-state index in [1.807, 2.05) is 13.1 Å². The largest absolute Gasteiger partial charge is 0.394 e. The van der Waals surface area contributed by atoms with Gasteiger partial charge in [0.15, 0.2) is 0 Å². The number of nitrogens with two attached hydrogens (primary N) is 1. The van der Waals surface area contributed by atoms with Crippen LogP contribution in [0.5, 0.6) is 0 Å². The van der Waals surface area contributed by atoms with Crippen LogP contribution >= 0.6 is 0 Å². The average molecular weight is 262 g/mol. The Bertz CT molecular complexity index is 563. The maximum Gasteiger partial charge on any atom is 0.148 e. The summed E-state index contributed by atoms with van der Waals surface area (Å²) in [6.07, 6.45) is 1.84. The van der Waals surface area contributed by atoms with E-state index in [9.17, 15) is 4.39 Å². The molecule has 3 N–H and O–H groups in total. The molecular formula is C14H19FN4. The number of nitrogens with one attached hydrogen (secondary N) is 1. The first-order valence-corrected chi connectivity index (χ1v) is 6.42. The highest BCUT2D eigenvalue weighted by Gasteiger charge is 2.12. The molecule has 0 saturated carbocycles. The maximum atomic E-state index is 13.5. The molecule has 1 heterocycles. The van der Waals surface area contributed by atoms with Crippen LogP contribution < -0.4 is 11.1 Å². The van der Waals surface area contributed by atoms with Crippen molar-refractivity contribution in [3.05, 3.63) is 41.3 Å². The summed E-state index contributed by atoms with van der Waals surface area (Å²) in [4.78, 5) is 0. The van der Waals surface area contributed by atoms with Crippen LogP contribution in [-0.4, -0.2) is 9.78 Å². The molecular weight excluding hydrogens is 243 g/mol. The molecule has 0 spiro atoms. The molecule has 0 unspecified atom stereocenters. The summed E-state index contributed by atoms with van der Waals surface area (Å²) in [5, 5.41) is 7.52. The summed E-state index contributed by atoms with van der Waals surface area (Å²) in [5.74, 6) is 0.524. The van der Waals surface area contributed by atoms with Crippen molar-refractivity contribution >= 4 is 11.5 Å². The average Bonchev–Trinajstić information content (AvgIpc) is 2.65. The third kappa shape index (κ3) is 2.86. The SMILES string of the molecule is CCCc1nn(C)c(NCc2ccccc2F)c1N. The molecule has 0 aliphatic carbocycles. The molecule has 0 fully saturated rings. The molecule has 5 heteroatoms. The topological polar surface area (TPSA) is 55.9 Å². The number of nitrogens with zero attached hydrogens (tertiary/aromatic N) is 2. The molecule has 0 aliphatic rings. The first kappa shape index (κ1) is 13.4. The highest BCUT2D eigenvalue weighted by molar-refractivity contribution is 5.65. The van der Waals surface area contributed by atoms with Gasteiger partial charge in [0.2, 0.25) is 0 Å². The van der Waals surface area contributed by atoms with Gasteiger partial charge in [0.05, 0.1) is 11.4 Å². The lowest BCUT2D eigenvalue weighted by Crippen LogP contribution is -2.07. The van der Waals surface area contributed by atoms with E-state index in [4.69, 9.17) is 5.73 Å². The highest BCUT2D eigenvalue weighted by atomic mass is 19.1. The van der Waals surface area contributed by atoms with Gasteiger partial charge in [0.25, 0.3) is 0 Å². The van der Waals surface area contributed by atoms with Crippen LogP contribution in [0, 0.1) is 5.82 Å². The second kappa shape index (κ2) is 5.73. The van der Waals surface area contributed by atoms with Crippen LogP contribution in [0.3, 0.4) is 0 Å². The zero-order valence-electron chi connectivity index (χ0n) is 11.3. The third-order valence-corrected chi connectivity index (χ3v) is 3.05. The Labute approximate surface area is 112 Å². The van der Waals surface area contributed by atoms with Crippen molar-refractivity contribution in [3.8, 4) is 0 Å². The van der Waals surface area contributed by atoms with Gasteiger partial charge >= 0.3 is 0 Å². The summed E-state index contributed by atoms with van der Waals surface area (Å²) < 4.78 is 15.2. The van der Waals surface area contributed by atoms with Crippen molar-refractivity contribution in [1.82, 2.24) is 9.78 Å². The smallest absolute Gasteiger partial charge is 0.148 e. The van der Waals surface area contributed by atoms with Crippen molar-refractivity contribution in [2.45, 2.75) is 26.3 Å². The monoisotopic (exact) mass is 262 g/mol. The quantitative estimate of drug-likeness (QED) is 0.871. The number of halogens is 1. The van der Waals surface area contributed by atoms with Gasteiger partial charge in [0, 0.05) is 19.2 Å². The van der Waals surface area contributed by atoms with Crippen LogP contribution in [0.2, 0.25) is 0 Å². The Kier molecular flexibility index (Phi) is 4.04. The van der Waals surface area contributed by atoms with E-state index in [-0.39, 0.29) is 5.82 Å². The van der Waals surface area contributed by atoms with E-state index in [2.05, 4.69) is 17.3 Å². The van der Waals surface area contributed by atoms with Gasteiger partial charge in [-0.15, -0.1) is 0 Å². The Morgan fingerprint density at radius 3 is 2.79 bits per heavy atom. The van der Waals surface area contributed by atoms with E-state index in [1.165, 1.54) is 6.07 Å². The van der Waals surface area contributed by atoms with Crippen molar-refractivity contribution in [2.75, 3.05) is 11.1 Å². The summed E-state index contributed by atoms with van der Waals surface area (Å²) in [5.41, 5.74) is 8.21. The minimum absolute atomic E-state index is 0.218. The maximum absolute atomic E-state index is 13.5. The fourth-order valence-corrected chi connectivity index (χ4v) is 2.05. The Morgan fingerprint density at radius 2 is 2.11 bits per heavy atom. The van der Waals surface area contributed by atoms with Gasteiger partial charge in [0.1, 0.15) is 11.6 Å². The molecule has 0 bridgehead atoms. The van der Waals surface area contributed by atoms with Crippen molar-refractivity contribution < 1.29 is 4.39 Å². The molecule has 0 saturated heterocycles. The van der Waals surface area contributed by atoms with Gasteiger partial charge in [-0.2, -0.15) is 5.10 Å². The van der Waals surface area contributed by atoms with Gasteiger partial charge < -0.3 is 11.1 Å².